The van der Waals surface area contributed by atoms with Crippen LogP contribution in [-0.2, 0) is 6.42 Å². The molecule has 0 radical (unpaired) electrons. The number of allylic oxidation sites excluding steroid dienone is 5. The SMILES string of the molecule is CC1C=CC(N=CC=C(N)CCc2ccccc2N(C)N)=CC1F. The molecule has 0 amide bonds. The number of hydrogen-bond donors (Lipinski definition) is 2. The summed E-state index contributed by atoms with van der Waals surface area (Å²) in [5.41, 5.74) is 9.50. The summed E-state index contributed by atoms with van der Waals surface area (Å²) in [6.45, 7) is 1.84. The highest BCUT2D eigenvalue weighted by atomic mass is 19.1. The molecule has 1 aromatic rings. The molecule has 0 spiro atoms. The van der Waals surface area contributed by atoms with Crippen LogP contribution in [0.4, 0.5) is 10.1 Å². The highest BCUT2D eigenvalue weighted by Gasteiger charge is 2.14. The maximum absolute atomic E-state index is 13.6. The van der Waals surface area contributed by atoms with Gasteiger partial charge in [-0.2, -0.15) is 0 Å². The second kappa shape index (κ2) is 8.45. The Hall–Kier alpha value is -2.40. The van der Waals surface area contributed by atoms with Gasteiger partial charge in [-0.25, -0.2) is 10.2 Å². The third kappa shape index (κ3) is 5.06. The molecule has 4 nitrogen and oxygen atoms in total. The molecule has 1 aromatic carbocycles. The van der Waals surface area contributed by atoms with E-state index >= 15 is 0 Å². The number of para-hydroxylation sites is 1. The summed E-state index contributed by atoms with van der Waals surface area (Å²) in [5.74, 6) is 5.74. The van der Waals surface area contributed by atoms with E-state index in [2.05, 4.69) is 4.99 Å². The first kappa shape index (κ1) is 17.9. The number of halogens is 1. The molecule has 0 aliphatic heterocycles. The van der Waals surface area contributed by atoms with E-state index in [0.29, 0.717) is 12.1 Å². The van der Waals surface area contributed by atoms with Crippen molar-refractivity contribution in [3.63, 3.8) is 0 Å². The van der Waals surface area contributed by atoms with E-state index in [1.54, 1.807) is 17.3 Å². The molecule has 24 heavy (non-hydrogen) atoms. The van der Waals surface area contributed by atoms with Crippen molar-refractivity contribution in [1.82, 2.24) is 0 Å². The van der Waals surface area contributed by atoms with Gasteiger partial charge in [0, 0.05) is 24.9 Å². The van der Waals surface area contributed by atoms with Crippen molar-refractivity contribution in [2.75, 3.05) is 12.1 Å². The number of aryl methyl sites for hydroxylation is 1. The molecule has 0 fully saturated rings. The number of rotatable bonds is 6. The van der Waals surface area contributed by atoms with Gasteiger partial charge < -0.3 is 10.7 Å². The number of hydrazine groups is 1. The lowest BCUT2D eigenvalue weighted by Crippen LogP contribution is -2.26. The van der Waals surface area contributed by atoms with Gasteiger partial charge in [-0.05, 0) is 42.7 Å². The number of alkyl halides is 1. The van der Waals surface area contributed by atoms with Crippen LogP contribution in [0, 0.1) is 5.92 Å². The molecule has 0 heterocycles. The highest BCUT2D eigenvalue weighted by molar-refractivity contribution is 5.73. The van der Waals surface area contributed by atoms with E-state index in [4.69, 9.17) is 11.6 Å². The first-order valence-electron chi connectivity index (χ1n) is 8.06. The Morgan fingerprint density at radius 3 is 2.83 bits per heavy atom. The normalized spacial score (nSPS) is 21.2. The fourth-order valence-electron chi connectivity index (χ4n) is 2.46. The van der Waals surface area contributed by atoms with E-state index in [1.165, 1.54) is 6.08 Å². The Morgan fingerprint density at radius 1 is 1.38 bits per heavy atom. The number of hydrogen-bond acceptors (Lipinski definition) is 4. The van der Waals surface area contributed by atoms with Crippen LogP contribution in [0.1, 0.15) is 18.9 Å². The molecule has 2 atom stereocenters. The minimum atomic E-state index is -0.978. The second-order valence-corrected chi connectivity index (χ2v) is 6.01. The molecule has 5 heteroatoms. The van der Waals surface area contributed by atoms with Gasteiger partial charge >= 0.3 is 0 Å². The van der Waals surface area contributed by atoms with Crippen LogP contribution in [0.25, 0.3) is 0 Å². The number of nitrogens with zero attached hydrogens (tertiary/aromatic N) is 2. The van der Waals surface area contributed by atoms with Crippen LogP contribution in [0.2, 0.25) is 0 Å². The van der Waals surface area contributed by atoms with Gasteiger partial charge in [-0.3, -0.25) is 4.99 Å². The Labute approximate surface area is 143 Å². The maximum Gasteiger partial charge on any atom is 0.127 e. The summed E-state index contributed by atoms with van der Waals surface area (Å²) in [6, 6.07) is 7.96. The van der Waals surface area contributed by atoms with Crippen LogP contribution in [-0.4, -0.2) is 19.4 Å². The molecule has 0 aromatic heterocycles. The van der Waals surface area contributed by atoms with Gasteiger partial charge in [-0.1, -0.05) is 31.2 Å². The van der Waals surface area contributed by atoms with Gasteiger partial charge in [-0.15, -0.1) is 0 Å². The molecule has 128 valence electrons. The average Bonchev–Trinajstić information content (AvgIpc) is 2.56. The average molecular weight is 328 g/mol. The fraction of sp³-hybridized carbons (Fsp3) is 0.316. The van der Waals surface area contributed by atoms with Crippen molar-refractivity contribution in [1.29, 1.82) is 0 Å². The van der Waals surface area contributed by atoms with Gasteiger partial charge in [0.05, 0.1) is 11.4 Å². The lowest BCUT2D eigenvalue weighted by molar-refractivity contribution is 0.332. The molecular formula is C19H25FN4. The van der Waals surface area contributed by atoms with E-state index in [9.17, 15) is 4.39 Å². The van der Waals surface area contributed by atoms with Gasteiger partial charge in [0.1, 0.15) is 6.17 Å². The van der Waals surface area contributed by atoms with Crippen LogP contribution in [0.15, 0.2) is 65.0 Å². The maximum atomic E-state index is 13.6. The Bertz CT molecular complexity index is 674. The van der Waals surface area contributed by atoms with Crippen molar-refractivity contribution >= 4 is 11.9 Å². The van der Waals surface area contributed by atoms with Crippen molar-refractivity contribution in [2.45, 2.75) is 25.9 Å². The molecule has 4 N–H and O–H groups in total. The fourth-order valence-corrected chi connectivity index (χ4v) is 2.46. The molecule has 0 saturated carbocycles. The quantitative estimate of drug-likeness (QED) is 0.478. The first-order chi connectivity index (χ1) is 11.5. The summed E-state index contributed by atoms with van der Waals surface area (Å²) < 4.78 is 13.6. The smallest absolute Gasteiger partial charge is 0.127 e. The number of anilines is 1. The zero-order chi connectivity index (χ0) is 17.5. The summed E-state index contributed by atoms with van der Waals surface area (Å²) >= 11 is 0. The Kier molecular flexibility index (Phi) is 6.32. The summed E-state index contributed by atoms with van der Waals surface area (Å²) in [7, 11) is 1.81. The second-order valence-electron chi connectivity index (χ2n) is 6.01. The van der Waals surface area contributed by atoms with E-state index in [1.807, 2.05) is 50.4 Å². The Balaban J connectivity index is 1.92. The van der Waals surface area contributed by atoms with E-state index in [-0.39, 0.29) is 5.92 Å². The first-order valence-corrected chi connectivity index (χ1v) is 8.06. The zero-order valence-electron chi connectivity index (χ0n) is 14.2. The van der Waals surface area contributed by atoms with E-state index < -0.39 is 6.17 Å². The van der Waals surface area contributed by atoms with Crippen molar-refractivity contribution in [3.8, 4) is 0 Å². The summed E-state index contributed by atoms with van der Waals surface area (Å²) in [5, 5.41) is 1.60. The molecule has 2 unspecified atom stereocenters. The van der Waals surface area contributed by atoms with Gasteiger partial charge in [0.25, 0.3) is 0 Å². The predicted octanol–water partition coefficient (Wildman–Crippen LogP) is 3.27. The lowest BCUT2D eigenvalue weighted by Gasteiger charge is -2.16. The van der Waals surface area contributed by atoms with Crippen molar-refractivity contribution in [2.24, 2.45) is 22.5 Å². The summed E-state index contributed by atoms with van der Waals surface area (Å²) in [6.07, 6.45) is 9.07. The van der Waals surface area contributed by atoms with Gasteiger partial charge in [0.15, 0.2) is 0 Å². The largest absolute Gasteiger partial charge is 0.402 e. The topological polar surface area (TPSA) is 67.6 Å². The minimum Gasteiger partial charge on any atom is -0.402 e. The van der Waals surface area contributed by atoms with Crippen LogP contribution in [0.3, 0.4) is 0 Å². The van der Waals surface area contributed by atoms with Crippen LogP contribution >= 0.6 is 0 Å². The highest BCUT2D eigenvalue weighted by Crippen LogP contribution is 2.20. The standard InChI is InChI=1S/C19H25FN4/c1-14-7-10-17(13-18(14)20)23-12-11-16(21)9-8-15-5-3-4-6-19(15)24(2)22/h3-7,10-14,18H,8-9,21-22H2,1-2H3. The van der Waals surface area contributed by atoms with Crippen LogP contribution < -0.4 is 16.6 Å². The monoisotopic (exact) mass is 328 g/mol. The van der Waals surface area contributed by atoms with Crippen molar-refractivity contribution < 1.29 is 4.39 Å². The molecule has 2 rings (SSSR count). The summed E-state index contributed by atoms with van der Waals surface area (Å²) in [4.78, 5) is 4.23. The molecular weight excluding hydrogens is 303 g/mol. The molecule has 0 bridgehead atoms. The molecule has 0 saturated heterocycles. The predicted molar refractivity (Wildman–Crippen MR) is 99.4 cm³/mol. The lowest BCUT2D eigenvalue weighted by atomic mass is 10.00. The third-order valence-corrected chi connectivity index (χ3v) is 3.97. The Morgan fingerprint density at radius 2 is 2.12 bits per heavy atom. The zero-order valence-corrected chi connectivity index (χ0v) is 14.2. The van der Waals surface area contributed by atoms with Crippen LogP contribution in [0.5, 0.6) is 0 Å². The van der Waals surface area contributed by atoms with E-state index in [0.717, 1.165) is 23.4 Å². The molecule has 1 aliphatic rings. The minimum absolute atomic E-state index is 0.0923. The third-order valence-electron chi connectivity index (χ3n) is 3.97. The van der Waals surface area contributed by atoms with Crippen molar-refractivity contribution in [3.05, 3.63) is 65.5 Å². The number of aliphatic imine (C=N–C) groups is 1. The number of benzene rings is 1. The van der Waals surface area contributed by atoms with Gasteiger partial charge in [0.2, 0.25) is 0 Å². The molecule has 1 aliphatic carbocycles. The number of nitrogens with two attached hydrogens (primary N) is 2.